The number of fused-ring (bicyclic) bond motifs is 2. The van der Waals surface area contributed by atoms with Crippen LogP contribution in [-0.4, -0.2) is 36.5 Å². The molecule has 0 N–H and O–H groups in total. The van der Waals surface area contributed by atoms with Crippen molar-refractivity contribution in [2.24, 2.45) is 0 Å². The SMILES string of the molecule is COc1ccc2c(c1)O[B-]1(c3ccsc3)OC(=O)[C@H](Cc3ccccc3)[N+]1=C2. The summed E-state index contributed by atoms with van der Waals surface area (Å²) in [5.74, 6) is 1.07. The van der Waals surface area contributed by atoms with Crippen LogP contribution >= 0.6 is 11.3 Å². The first-order chi connectivity index (χ1) is 13.7. The van der Waals surface area contributed by atoms with Crippen LogP contribution in [0.15, 0.2) is 65.4 Å². The average molecular weight is 391 g/mol. The number of benzene rings is 2. The molecule has 2 aromatic carbocycles. The number of hydrogen-bond donors (Lipinski definition) is 0. The molecule has 2 aliphatic heterocycles. The zero-order valence-electron chi connectivity index (χ0n) is 15.3. The van der Waals surface area contributed by atoms with E-state index in [0.717, 1.165) is 16.6 Å². The Hall–Kier alpha value is -3.06. The highest BCUT2D eigenvalue weighted by Crippen LogP contribution is 2.34. The zero-order chi connectivity index (χ0) is 19.1. The van der Waals surface area contributed by atoms with E-state index in [1.54, 1.807) is 18.4 Å². The number of hydrogen-bond acceptors (Lipinski definition) is 5. The van der Waals surface area contributed by atoms with Crippen LogP contribution in [0.4, 0.5) is 0 Å². The van der Waals surface area contributed by atoms with Gasteiger partial charge in [-0.15, -0.1) is 0 Å². The van der Waals surface area contributed by atoms with Crippen LogP contribution in [0.3, 0.4) is 0 Å². The minimum atomic E-state index is -2.13. The molecule has 1 fully saturated rings. The second-order valence-electron chi connectivity index (χ2n) is 6.97. The van der Waals surface area contributed by atoms with Gasteiger partial charge in [-0.3, -0.25) is 0 Å². The van der Waals surface area contributed by atoms with Gasteiger partial charge in [0.15, 0.2) is 0 Å². The maximum atomic E-state index is 13.0. The summed E-state index contributed by atoms with van der Waals surface area (Å²) in [6, 6.07) is 17.1. The third kappa shape index (κ3) is 2.62. The summed E-state index contributed by atoms with van der Waals surface area (Å²) in [6.45, 7) is -2.13. The molecule has 140 valence electrons. The lowest BCUT2D eigenvalue weighted by molar-refractivity contribution is -0.432. The first-order valence-corrected chi connectivity index (χ1v) is 10.1. The van der Waals surface area contributed by atoms with Crippen LogP contribution < -0.4 is 14.9 Å². The molecule has 0 radical (unpaired) electrons. The fourth-order valence-corrected chi connectivity index (χ4v) is 4.65. The van der Waals surface area contributed by atoms with Gasteiger partial charge in [-0.2, -0.15) is 11.3 Å². The van der Waals surface area contributed by atoms with E-state index in [4.69, 9.17) is 14.0 Å². The van der Waals surface area contributed by atoms with Gasteiger partial charge in [0.1, 0.15) is 12.0 Å². The van der Waals surface area contributed by atoms with Crippen molar-refractivity contribution >= 4 is 35.7 Å². The first kappa shape index (κ1) is 17.1. The van der Waals surface area contributed by atoms with Crippen molar-refractivity contribution in [2.75, 3.05) is 7.11 Å². The van der Waals surface area contributed by atoms with Crippen molar-refractivity contribution in [2.45, 2.75) is 12.5 Å². The molecule has 5 nitrogen and oxygen atoms in total. The Labute approximate surface area is 166 Å². The molecule has 2 atom stereocenters. The van der Waals surface area contributed by atoms with Gasteiger partial charge in [-0.05, 0) is 33.9 Å². The molecule has 1 aromatic heterocycles. The van der Waals surface area contributed by atoms with Crippen molar-refractivity contribution in [3.8, 4) is 11.5 Å². The molecule has 3 heterocycles. The number of carbonyl (C=O) groups is 1. The number of carbonyl (C=O) groups excluding carboxylic acids is 1. The Morgan fingerprint density at radius 2 is 2.00 bits per heavy atom. The van der Waals surface area contributed by atoms with E-state index in [1.165, 1.54) is 0 Å². The van der Waals surface area contributed by atoms with Gasteiger partial charge in [-0.1, -0.05) is 36.4 Å². The van der Waals surface area contributed by atoms with Gasteiger partial charge >= 0.3 is 12.7 Å². The third-order valence-electron chi connectivity index (χ3n) is 5.33. The Morgan fingerprint density at radius 3 is 2.75 bits per heavy atom. The Kier molecular flexibility index (Phi) is 3.98. The average Bonchev–Trinajstić information content (AvgIpc) is 3.35. The van der Waals surface area contributed by atoms with Gasteiger partial charge in [0.25, 0.3) is 0 Å². The fourth-order valence-electron chi connectivity index (χ4n) is 3.93. The molecule has 0 aliphatic carbocycles. The zero-order valence-corrected chi connectivity index (χ0v) is 16.1. The van der Waals surface area contributed by atoms with E-state index < -0.39 is 12.7 Å². The van der Waals surface area contributed by atoms with Crippen LogP contribution in [0.5, 0.6) is 11.5 Å². The van der Waals surface area contributed by atoms with Gasteiger partial charge in [0.05, 0.1) is 18.4 Å². The minimum Gasteiger partial charge on any atom is -0.618 e. The number of methoxy groups -OCH3 is 1. The lowest BCUT2D eigenvalue weighted by atomic mass is 9.63. The smallest absolute Gasteiger partial charge is 0.618 e. The molecule has 28 heavy (non-hydrogen) atoms. The molecule has 5 rings (SSSR count). The quantitative estimate of drug-likeness (QED) is 0.642. The highest BCUT2D eigenvalue weighted by molar-refractivity contribution is 7.09. The standard InChI is InChI=1S/C21H18BNO4S/c1-25-18-8-7-16-13-23-19(11-15-5-3-2-4-6-15)21(24)27-22(23,26-20(16)12-18)17-9-10-28-14-17/h2-10,12-14,19H,11H2,1H3/t19-,22?/m0/s1. The number of thiophene rings is 1. The summed E-state index contributed by atoms with van der Waals surface area (Å²) in [5.41, 5.74) is 2.83. The maximum Gasteiger partial charge on any atom is 0.682 e. The summed E-state index contributed by atoms with van der Waals surface area (Å²) in [5, 5.41) is 3.94. The van der Waals surface area contributed by atoms with E-state index >= 15 is 0 Å². The molecule has 1 unspecified atom stereocenters. The van der Waals surface area contributed by atoms with Crippen LogP contribution in [0, 0.1) is 0 Å². The lowest BCUT2D eigenvalue weighted by Crippen LogP contribution is -2.64. The summed E-state index contributed by atoms with van der Waals surface area (Å²) in [4.78, 5) is 13.0. The first-order valence-electron chi connectivity index (χ1n) is 9.13. The van der Waals surface area contributed by atoms with Crippen molar-refractivity contribution in [3.63, 3.8) is 0 Å². The van der Waals surface area contributed by atoms with E-state index in [1.807, 2.05) is 76.1 Å². The summed E-state index contributed by atoms with van der Waals surface area (Å²) < 4.78 is 19.7. The second-order valence-corrected chi connectivity index (χ2v) is 7.75. The molecular formula is C21H18BNO4S. The Bertz CT molecular complexity index is 1070. The number of rotatable bonds is 4. The molecule has 7 heteroatoms. The maximum absolute atomic E-state index is 13.0. The topological polar surface area (TPSA) is 47.8 Å². The molecule has 0 saturated carbocycles. The van der Waals surface area contributed by atoms with Gasteiger partial charge < -0.3 is 18.5 Å². The molecule has 0 amide bonds. The van der Waals surface area contributed by atoms with E-state index in [0.29, 0.717) is 17.9 Å². The number of nitrogens with zero attached hydrogens (tertiary/aromatic N) is 1. The van der Waals surface area contributed by atoms with Crippen molar-refractivity contribution in [1.29, 1.82) is 0 Å². The van der Waals surface area contributed by atoms with Crippen LogP contribution in [0.25, 0.3) is 0 Å². The minimum absolute atomic E-state index is 0.272. The normalized spacial score (nSPS) is 22.5. The Balaban J connectivity index is 1.64. The van der Waals surface area contributed by atoms with Crippen LogP contribution in [0.2, 0.25) is 0 Å². The van der Waals surface area contributed by atoms with Crippen molar-refractivity contribution in [1.82, 2.24) is 0 Å². The lowest BCUT2D eigenvalue weighted by Gasteiger charge is -2.34. The Morgan fingerprint density at radius 1 is 1.14 bits per heavy atom. The highest BCUT2D eigenvalue weighted by Gasteiger charge is 2.62. The summed E-state index contributed by atoms with van der Waals surface area (Å²) >= 11 is 1.55. The van der Waals surface area contributed by atoms with Crippen LogP contribution in [-0.2, 0) is 15.9 Å². The van der Waals surface area contributed by atoms with Gasteiger partial charge in [0, 0.05) is 12.5 Å². The molecule has 0 bridgehead atoms. The second kappa shape index (κ2) is 6.53. The largest absolute Gasteiger partial charge is 0.682 e. The molecule has 0 spiro atoms. The molecule has 3 aromatic rings. The van der Waals surface area contributed by atoms with E-state index in [9.17, 15) is 4.79 Å². The van der Waals surface area contributed by atoms with Crippen molar-refractivity contribution in [3.05, 3.63) is 76.5 Å². The van der Waals surface area contributed by atoms with E-state index in [2.05, 4.69) is 0 Å². The van der Waals surface area contributed by atoms with Crippen molar-refractivity contribution < 1.29 is 23.3 Å². The van der Waals surface area contributed by atoms with Crippen LogP contribution in [0.1, 0.15) is 11.1 Å². The predicted molar refractivity (Wildman–Crippen MR) is 109 cm³/mol. The third-order valence-corrected chi connectivity index (χ3v) is 6.03. The fraction of sp³-hybridized carbons (Fsp3) is 0.143. The highest BCUT2D eigenvalue weighted by atomic mass is 32.1. The van der Waals surface area contributed by atoms with Gasteiger partial charge in [-0.25, -0.2) is 4.79 Å². The predicted octanol–water partition coefficient (Wildman–Crippen LogP) is 2.59. The molecule has 1 saturated heterocycles. The van der Waals surface area contributed by atoms with Gasteiger partial charge in [0.2, 0.25) is 6.04 Å². The molecule has 2 aliphatic rings. The summed E-state index contributed by atoms with van der Waals surface area (Å²) in [7, 11) is 1.62. The number of ether oxygens (including phenoxy) is 1. The van der Waals surface area contributed by atoms with E-state index in [-0.39, 0.29) is 5.97 Å². The monoisotopic (exact) mass is 391 g/mol. The summed E-state index contributed by atoms with van der Waals surface area (Å²) in [6.07, 6.45) is 2.53. The molecular weight excluding hydrogens is 373 g/mol.